The number of hydrogen-bond donors (Lipinski definition) is 3. The Kier molecular flexibility index (Phi) is 1.38. The third-order valence-electron chi connectivity index (χ3n) is 1.21. The van der Waals surface area contributed by atoms with Gasteiger partial charge < -0.3 is 5.73 Å². The third kappa shape index (κ3) is 1.71. The van der Waals surface area contributed by atoms with Crippen molar-refractivity contribution in [1.82, 2.24) is 5.32 Å². The molecule has 1 aliphatic carbocycles. The van der Waals surface area contributed by atoms with Crippen molar-refractivity contribution in [2.24, 2.45) is 11.7 Å². The van der Waals surface area contributed by atoms with Gasteiger partial charge in [0.15, 0.2) is 5.96 Å². The first-order valence-corrected chi connectivity index (χ1v) is 2.85. The van der Waals surface area contributed by atoms with Crippen LogP contribution >= 0.6 is 0 Å². The van der Waals surface area contributed by atoms with Gasteiger partial charge in [-0.05, 0) is 12.8 Å². The smallest absolute Gasteiger partial charge is 0.229 e. The number of rotatable bonds is 1. The van der Waals surface area contributed by atoms with E-state index >= 15 is 0 Å². The molecular formula is C5H9N3O. The molecule has 0 saturated heterocycles. The SMILES string of the molecule is N=C(N)NC(=O)C1CC1. The molecule has 0 aromatic heterocycles. The van der Waals surface area contributed by atoms with E-state index in [2.05, 4.69) is 5.32 Å². The van der Waals surface area contributed by atoms with Crippen LogP contribution in [0.4, 0.5) is 0 Å². The minimum absolute atomic E-state index is 0.109. The number of carbonyl (C=O) groups is 1. The van der Waals surface area contributed by atoms with Crippen LogP contribution in [-0.4, -0.2) is 11.9 Å². The van der Waals surface area contributed by atoms with Gasteiger partial charge in [-0.2, -0.15) is 0 Å². The van der Waals surface area contributed by atoms with Gasteiger partial charge >= 0.3 is 0 Å². The maximum absolute atomic E-state index is 10.7. The Balaban J connectivity index is 2.26. The van der Waals surface area contributed by atoms with E-state index in [1.165, 1.54) is 0 Å². The molecule has 0 aromatic rings. The van der Waals surface area contributed by atoms with Crippen LogP contribution < -0.4 is 11.1 Å². The lowest BCUT2D eigenvalue weighted by Crippen LogP contribution is -2.36. The van der Waals surface area contributed by atoms with Gasteiger partial charge in [0.25, 0.3) is 0 Å². The highest BCUT2D eigenvalue weighted by Crippen LogP contribution is 2.28. The Morgan fingerprint density at radius 3 is 2.56 bits per heavy atom. The lowest BCUT2D eigenvalue weighted by molar-refractivity contribution is -0.120. The Morgan fingerprint density at radius 1 is 1.67 bits per heavy atom. The molecule has 4 nitrogen and oxygen atoms in total. The van der Waals surface area contributed by atoms with E-state index in [0.29, 0.717) is 0 Å². The molecule has 0 spiro atoms. The molecule has 0 bridgehead atoms. The van der Waals surface area contributed by atoms with Crippen molar-refractivity contribution in [3.63, 3.8) is 0 Å². The van der Waals surface area contributed by atoms with Gasteiger partial charge in [0.1, 0.15) is 0 Å². The van der Waals surface area contributed by atoms with Gasteiger partial charge in [0.2, 0.25) is 5.91 Å². The van der Waals surface area contributed by atoms with Crippen molar-refractivity contribution in [3.05, 3.63) is 0 Å². The molecule has 1 rings (SSSR count). The minimum atomic E-state index is -0.257. The highest BCUT2D eigenvalue weighted by molar-refractivity contribution is 5.96. The predicted octanol–water partition coefficient (Wildman–Crippen LogP) is -0.594. The standard InChI is InChI=1S/C5H9N3O/c6-5(7)8-4(9)3-1-2-3/h3H,1-2H2,(H4,6,7,8,9). The molecule has 1 aliphatic rings. The maximum Gasteiger partial charge on any atom is 0.229 e. The second-order valence-corrected chi connectivity index (χ2v) is 2.18. The van der Waals surface area contributed by atoms with Crippen molar-refractivity contribution >= 4 is 11.9 Å². The van der Waals surface area contributed by atoms with Crippen molar-refractivity contribution in [3.8, 4) is 0 Å². The van der Waals surface area contributed by atoms with E-state index in [1.807, 2.05) is 0 Å². The van der Waals surface area contributed by atoms with Crippen LogP contribution in [0.2, 0.25) is 0 Å². The molecule has 4 N–H and O–H groups in total. The number of carbonyl (C=O) groups excluding carboxylic acids is 1. The van der Waals surface area contributed by atoms with E-state index in [0.717, 1.165) is 12.8 Å². The first kappa shape index (κ1) is 6.07. The normalized spacial score (nSPS) is 16.9. The highest BCUT2D eigenvalue weighted by atomic mass is 16.2. The summed E-state index contributed by atoms with van der Waals surface area (Å²) in [6, 6.07) is 0. The zero-order chi connectivity index (χ0) is 6.85. The molecule has 9 heavy (non-hydrogen) atoms. The Bertz CT molecular complexity index is 150. The van der Waals surface area contributed by atoms with Gasteiger partial charge in [-0.1, -0.05) is 0 Å². The largest absolute Gasteiger partial charge is 0.370 e. The molecule has 0 aromatic carbocycles. The number of nitrogens with two attached hydrogens (primary N) is 1. The number of nitrogens with one attached hydrogen (secondary N) is 2. The molecule has 1 fully saturated rings. The Labute approximate surface area is 52.9 Å². The predicted molar refractivity (Wildman–Crippen MR) is 32.8 cm³/mol. The third-order valence-corrected chi connectivity index (χ3v) is 1.21. The van der Waals surface area contributed by atoms with Gasteiger partial charge in [-0.3, -0.25) is 15.5 Å². The van der Waals surface area contributed by atoms with Crippen molar-refractivity contribution < 1.29 is 4.79 Å². The van der Waals surface area contributed by atoms with Crippen molar-refractivity contribution in [2.45, 2.75) is 12.8 Å². The quantitative estimate of drug-likeness (QED) is 0.325. The van der Waals surface area contributed by atoms with Crippen molar-refractivity contribution in [2.75, 3.05) is 0 Å². The summed E-state index contributed by atoms with van der Waals surface area (Å²) in [5.74, 6) is -0.233. The summed E-state index contributed by atoms with van der Waals surface area (Å²) < 4.78 is 0. The van der Waals surface area contributed by atoms with Gasteiger partial charge in [-0.15, -0.1) is 0 Å². The highest BCUT2D eigenvalue weighted by Gasteiger charge is 2.29. The van der Waals surface area contributed by atoms with E-state index in [9.17, 15) is 4.79 Å². The van der Waals surface area contributed by atoms with Crippen LogP contribution in [0.3, 0.4) is 0 Å². The molecule has 4 heteroatoms. The van der Waals surface area contributed by atoms with Crippen LogP contribution in [0.5, 0.6) is 0 Å². The zero-order valence-electron chi connectivity index (χ0n) is 4.98. The second-order valence-electron chi connectivity index (χ2n) is 2.18. The molecule has 0 unspecified atom stereocenters. The molecule has 0 aliphatic heterocycles. The van der Waals surface area contributed by atoms with Crippen LogP contribution in [0.25, 0.3) is 0 Å². The molecule has 0 atom stereocenters. The fourth-order valence-electron chi connectivity index (χ4n) is 0.580. The molecule has 0 heterocycles. The first-order valence-electron chi connectivity index (χ1n) is 2.85. The minimum Gasteiger partial charge on any atom is -0.370 e. The van der Waals surface area contributed by atoms with Crippen LogP contribution in [-0.2, 0) is 4.79 Å². The summed E-state index contributed by atoms with van der Waals surface area (Å²) >= 11 is 0. The van der Waals surface area contributed by atoms with Crippen molar-refractivity contribution in [1.29, 1.82) is 5.41 Å². The fraction of sp³-hybridized carbons (Fsp3) is 0.600. The number of guanidine groups is 1. The summed E-state index contributed by atoms with van der Waals surface area (Å²) in [6.07, 6.45) is 1.89. The molecule has 1 saturated carbocycles. The topological polar surface area (TPSA) is 79.0 Å². The summed E-state index contributed by atoms with van der Waals surface area (Å²) in [7, 11) is 0. The number of hydrogen-bond acceptors (Lipinski definition) is 2. The Hall–Kier alpha value is -1.06. The monoisotopic (exact) mass is 127 g/mol. The van der Waals surface area contributed by atoms with E-state index in [4.69, 9.17) is 11.1 Å². The van der Waals surface area contributed by atoms with Crippen LogP contribution in [0.1, 0.15) is 12.8 Å². The maximum atomic E-state index is 10.7. The molecule has 0 radical (unpaired) electrons. The summed E-state index contributed by atoms with van der Waals surface area (Å²) in [6.45, 7) is 0. The van der Waals surface area contributed by atoms with Gasteiger partial charge in [0, 0.05) is 5.92 Å². The lowest BCUT2D eigenvalue weighted by Gasteiger charge is -1.97. The second kappa shape index (κ2) is 2.05. The zero-order valence-corrected chi connectivity index (χ0v) is 4.98. The number of amides is 1. The van der Waals surface area contributed by atoms with E-state index < -0.39 is 0 Å². The van der Waals surface area contributed by atoms with Crippen LogP contribution in [0.15, 0.2) is 0 Å². The molecule has 50 valence electrons. The fourth-order valence-corrected chi connectivity index (χ4v) is 0.580. The molecular weight excluding hydrogens is 118 g/mol. The summed E-state index contributed by atoms with van der Waals surface area (Å²) in [5.41, 5.74) is 4.91. The first-order chi connectivity index (χ1) is 4.20. The average molecular weight is 127 g/mol. The lowest BCUT2D eigenvalue weighted by atomic mass is 10.4. The Morgan fingerprint density at radius 2 is 2.22 bits per heavy atom. The van der Waals surface area contributed by atoms with Gasteiger partial charge in [0.05, 0.1) is 0 Å². The van der Waals surface area contributed by atoms with Gasteiger partial charge in [-0.25, -0.2) is 0 Å². The molecule has 1 amide bonds. The van der Waals surface area contributed by atoms with E-state index in [1.54, 1.807) is 0 Å². The summed E-state index contributed by atoms with van der Waals surface area (Å²) in [5, 5.41) is 8.92. The average Bonchev–Trinajstić information content (AvgIpc) is 2.40. The van der Waals surface area contributed by atoms with E-state index in [-0.39, 0.29) is 17.8 Å². The summed E-state index contributed by atoms with van der Waals surface area (Å²) in [4.78, 5) is 10.7. The van der Waals surface area contributed by atoms with Crippen LogP contribution in [0, 0.1) is 11.3 Å².